The lowest BCUT2D eigenvalue weighted by molar-refractivity contribution is -0.210. The number of halogens is 3. The first-order chi connectivity index (χ1) is 8.88. The molecule has 0 aromatic carbocycles. The summed E-state index contributed by atoms with van der Waals surface area (Å²) in [5.41, 5.74) is 0. The highest BCUT2D eigenvalue weighted by molar-refractivity contribution is 7.09. The van der Waals surface area contributed by atoms with Gasteiger partial charge in [0.05, 0.1) is 5.92 Å². The molecule has 0 fully saturated rings. The van der Waals surface area contributed by atoms with Gasteiger partial charge in [-0.15, -0.1) is 11.3 Å². The number of hydrogen-bond donors (Lipinski definition) is 1. The molecule has 2 atom stereocenters. The monoisotopic (exact) mass is 292 g/mol. The Labute approximate surface area is 110 Å². The topological polar surface area (TPSA) is 59.2 Å². The molecule has 0 radical (unpaired) electrons. The van der Waals surface area contributed by atoms with Crippen molar-refractivity contribution in [3.63, 3.8) is 0 Å². The third kappa shape index (κ3) is 3.32. The molecule has 0 amide bonds. The standard InChI is InChI=1S/C11H11F3N2O2S/c1-6(9(17)11(12,13)14)10-15-8(16-18-10)5-7-3-2-4-19-7/h2-4,6,9,17H,5H2,1H3. The fourth-order valence-corrected chi connectivity index (χ4v) is 2.21. The van der Waals surface area contributed by atoms with Gasteiger partial charge < -0.3 is 9.63 Å². The Balaban J connectivity index is 2.08. The van der Waals surface area contributed by atoms with E-state index in [1.807, 2.05) is 17.5 Å². The molecule has 2 aromatic heterocycles. The molecule has 2 unspecified atom stereocenters. The molecule has 2 rings (SSSR count). The van der Waals surface area contributed by atoms with Crippen LogP contribution in [0, 0.1) is 0 Å². The molecule has 0 aliphatic carbocycles. The van der Waals surface area contributed by atoms with Crippen LogP contribution in [0.4, 0.5) is 13.2 Å². The van der Waals surface area contributed by atoms with Gasteiger partial charge in [0.1, 0.15) is 0 Å². The molecule has 2 heterocycles. The first-order valence-electron chi connectivity index (χ1n) is 5.47. The average Bonchev–Trinajstić information content (AvgIpc) is 2.98. The highest BCUT2D eigenvalue weighted by atomic mass is 32.1. The maximum absolute atomic E-state index is 12.4. The largest absolute Gasteiger partial charge is 0.415 e. The summed E-state index contributed by atoms with van der Waals surface area (Å²) in [5, 5.41) is 14.6. The molecule has 0 saturated carbocycles. The van der Waals surface area contributed by atoms with Crippen LogP contribution >= 0.6 is 11.3 Å². The van der Waals surface area contributed by atoms with Crippen LogP contribution < -0.4 is 0 Å². The Morgan fingerprint density at radius 2 is 2.21 bits per heavy atom. The Kier molecular flexibility index (Phi) is 3.91. The summed E-state index contributed by atoms with van der Waals surface area (Å²) in [6, 6.07) is 3.73. The van der Waals surface area contributed by atoms with E-state index in [2.05, 4.69) is 10.1 Å². The number of aliphatic hydroxyl groups excluding tert-OH is 1. The van der Waals surface area contributed by atoms with Gasteiger partial charge in [-0.25, -0.2) is 0 Å². The summed E-state index contributed by atoms with van der Waals surface area (Å²) in [7, 11) is 0. The van der Waals surface area contributed by atoms with Crippen molar-refractivity contribution in [2.24, 2.45) is 0 Å². The molecular weight excluding hydrogens is 281 g/mol. The van der Waals surface area contributed by atoms with E-state index in [0.29, 0.717) is 12.2 Å². The van der Waals surface area contributed by atoms with Crippen molar-refractivity contribution in [3.05, 3.63) is 34.1 Å². The molecule has 104 valence electrons. The summed E-state index contributed by atoms with van der Waals surface area (Å²) in [6.07, 6.45) is -6.82. The van der Waals surface area contributed by atoms with Crippen molar-refractivity contribution in [3.8, 4) is 0 Å². The minimum Gasteiger partial charge on any atom is -0.383 e. The predicted octanol–water partition coefficient (Wildman–Crippen LogP) is 2.75. The van der Waals surface area contributed by atoms with E-state index in [4.69, 9.17) is 9.63 Å². The van der Waals surface area contributed by atoms with Gasteiger partial charge in [-0.05, 0) is 11.4 Å². The van der Waals surface area contributed by atoms with Crippen LogP contribution in [0.25, 0.3) is 0 Å². The van der Waals surface area contributed by atoms with Gasteiger partial charge in [-0.2, -0.15) is 18.2 Å². The van der Waals surface area contributed by atoms with E-state index < -0.39 is 18.2 Å². The Morgan fingerprint density at radius 1 is 1.47 bits per heavy atom. The Bertz CT molecular complexity index is 524. The van der Waals surface area contributed by atoms with Gasteiger partial charge in [0.25, 0.3) is 0 Å². The zero-order chi connectivity index (χ0) is 14.0. The molecular formula is C11H11F3N2O2S. The second-order valence-corrected chi connectivity index (χ2v) is 5.11. The van der Waals surface area contributed by atoms with Crippen LogP contribution in [-0.2, 0) is 6.42 Å². The van der Waals surface area contributed by atoms with Crippen molar-refractivity contribution >= 4 is 11.3 Å². The number of alkyl halides is 3. The van der Waals surface area contributed by atoms with E-state index in [1.54, 1.807) is 0 Å². The molecule has 0 spiro atoms. The highest BCUT2D eigenvalue weighted by Crippen LogP contribution is 2.30. The predicted molar refractivity (Wildman–Crippen MR) is 61.9 cm³/mol. The van der Waals surface area contributed by atoms with Crippen LogP contribution in [0.5, 0.6) is 0 Å². The quantitative estimate of drug-likeness (QED) is 0.941. The molecule has 0 aliphatic rings. The van der Waals surface area contributed by atoms with Gasteiger partial charge in [0.15, 0.2) is 11.9 Å². The second-order valence-electron chi connectivity index (χ2n) is 4.08. The average molecular weight is 292 g/mol. The van der Waals surface area contributed by atoms with Crippen molar-refractivity contribution in [2.75, 3.05) is 0 Å². The molecule has 1 N–H and O–H groups in total. The molecule has 0 saturated heterocycles. The Morgan fingerprint density at radius 3 is 2.79 bits per heavy atom. The van der Waals surface area contributed by atoms with E-state index in [0.717, 1.165) is 4.88 Å². The lowest BCUT2D eigenvalue weighted by Gasteiger charge is -2.17. The number of aliphatic hydroxyl groups is 1. The number of hydrogen-bond acceptors (Lipinski definition) is 5. The first kappa shape index (κ1) is 14.0. The van der Waals surface area contributed by atoms with Gasteiger partial charge in [-0.1, -0.05) is 18.1 Å². The van der Waals surface area contributed by atoms with Gasteiger partial charge >= 0.3 is 6.18 Å². The zero-order valence-electron chi connectivity index (χ0n) is 9.89. The van der Waals surface area contributed by atoms with E-state index >= 15 is 0 Å². The molecule has 4 nitrogen and oxygen atoms in total. The third-order valence-corrected chi connectivity index (χ3v) is 3.47. The van der Waals surface area contributed by atoms with Crippen molar-refractivity contribution in [1.29, 1.82) is 0 Å². The molecule has 19 heavy (non-hydrogen) atoms. The number of nitrogens with zero attached hydrogens (tertiary/aromatic N) is 2. The molecule has 0 aliphatic heterocycles. The molecule has 2 aromatic rings. The number of thiophene rings is 1. The zero-order valence-corrected chi connectivity index (χ0v) is 10.7. The first-order valence-corrected chi connectivity index (χ1v) is 6.35. The lowest BCUT2D eigenvalue weighted by atomic mass is 10.0. The van der Waals surface area contributed by atoms with E-state index in [-0.39, 0.29) is 5.89 Å². The van der Waals surface area contributed by atoms with Crippen molar-refractivity contribution < 1.29 is 22.8 Å². The van der Waals surface area contributed by atoms with E-state index in [9.17, 15) is 13.2 Å². The highest BCUT2D eigenvalue weighted by Gasteiger charge is 2.44. The summed E-state index contributed by atoms with van der Waals surface area (Å²) < 4.78 is 41.9. The number of rotatable bonds is 4. The summed E-state index contributed by atoms with van der Waals surface area (Å²) in [6.45, 7) is 1.20. The maximum Gasteiger partial charge on any atom is 0.415 e. The fourth-order valence-electron chi connectivity index (χ4n) is 1.51. The minimum atomic E-state index is -4.71. The van der Waals surface area contributed by atoms with E-state index in [1.165, 1.54) is 18.3 Å². The maximum atomic E-state index is 12.4. The normalized spacial score (nSPS) is 15.4. The van der Waals surface area contributed by atoms with Crippen LogP contribution in [-0.4, -0.2) is 27.5 Å². The minimum absolute atomic E-state index is 0.212. The van der Waals surface area contributed by atoms with Crippen LogP contribution in [0.1, 0.15) is 29.4 Å². The summed E-state index contributed by atoms with van der Waals surface area (Å²) in [4.78, 5) is 4.87. The second kappa shape index (κ2) is 5.30. The van der Waals surface area contributed by atoms with Crippen LogP contribution in [0.15, 0.2) is 22.0 Å². The van der Waals surface area contributed by atoms with Crippen molar-refractivity contribution in [2.45, 2.75) is 31.5 Å². The van der Waals surface area contributed by atoms with Gasteiger partial charge in [-0.3, -0.25) is 0 Å². The lowest BCUT2D eigenvalue weighted by Crippen LogP contribution is -2.33. The number of aromatic nitrogens is 2. The third-order valence-electron chi connectivity index (χ3n) is 2.59. The molecule has 0 bridgehead atoms. The fraction of sp³-hybridized carbons (Fsp3) is 0.455. The summed E-state index contributed by atoms with van der Waals surface area (Å²) >= 11 is 1.49. The van der Waals surface area contributed by atoms with Gasteiger partial charge in [0.2, 0.25) is 5.89 Å². The molecule has 8 heteroatoms. The van der Waals surface area contributed by atoms with Crippen LogP contribution in [0.2, 0.25) is 0 Å². The summed E-state index contributed by atoms with van der Waals surface area (Å²) in [5.74, 6) is -1.19. The van der Waals surface area contributed by atoms with Crippen molar-refractivity contribution in [1.82, 2.24) is 10.1 Å². The van der Waals surface area contributed by atoms with Gasteiger partial charge in [0, 0.05) is 11.3 Å². The van der Waals surface area contributed by atoms with Crippen LogP contribution in [0.3, 0.4) is 0 Å². The smallest absolute Gasteiger partial charge is 0.383 e. The SMILES string of the molecule is CC(c1nc(Cc2cccs2)no1)C(O)C(F)(F)F. The Hall–Kier alpha value is -1.41.